The number of anilines is 1. The maximum Gasteiger partial charge on any atom is 0.269 e. The number of carbonyl (C=O) groups is 2. The molecule has 1 aromatic carbocycles. The predicted molar refractivity (Wildman–Crippen MR) is 80.5 cm³/mol. The van der Waals surface area contributed by atoms with E-state index in [0.29, 0.717) is 16.5 Å². The summed E-state index contributed by atoms with van der Waals surface area (Å²) in [7, 11) is 0. The third-order valence-corrected chi connectivity index (χ3v) is 3.08. The van der Waals surface area contributed by atoms with Crippen molar-refractivity contribution in [3.63, 3.8) is 0 Å². The highest BCUT2D eigenvalue weighted by molar-refractivity contribution is 6.15. The van der Waals surface area contributed by atoms with E-state index in [2.05, 4.69) is 5.32 Å². The molecule has 0 aliphatic carbocycles. The number of aliphatic hydroxyl groups is 1. The van der Waals surface area contributed by atoms with Gasteiger partial charge in [-0.1, -0.05) is 0 Å². The Labute approximate surface area is 131 Å². The van der Waals surface area contributed by atoms with Crippen LogP contribution in [0.15, 0.2) is 33.9 Å². The predicted octanol–water partition coefficient (Wildman–Crippen LogP) is 2.80. The van der Waals surface area contributed by atoms with Gasteiger partial charge in [0.25, 0.3) is 5.91 Å². The van der Waals surface area contributed by atoms with Crippen molar-refractivity contribution in [2.24, 2.45) is 0 Å². The Kier molecular flexibility index (Phi) is 4.15. The summed E-state index contributed by atoms with van der Waals surface area (Å²) < 4.78 is 5.40. The van der Waals surface area contributed by atoms with Crippen molar-refractivity contribution < 1.29 is 19.1 Å². The van der Waals surface area contributed by atoms with Gasteiger partial charge in [-0.3, -0.25) is 9.59 Å². The molecular weight excluding hydrogens is 298 g/mol. The number of benzene rings is 1. The maximum absolute atomic E-state index is 12.1. The zero-order valence-electron chi connectivity index (χ0n) is 12.3. The standard InChI is InChI=1S/C16H11N3O4/c1-8(20)12(7-18)16(22)19-14-11-5-10(6-17)3-4-13(11)23-15(14)9(2)21/h3-5,20H,1-2H3,(H,19,22)/b12-8+. The summed E-state index contributed by atoms with van der Waals surface area (Å²) in [6.45, 7) is 2.46. The van der Waals surface area contributed by atoms with E-state index < -0.39 is 23.0 Å². The van der Waals surface area contributed by atoms with E-state index in [4.69, 9.17) is 14.9 Å². The van der Waals surface area contributed by atoms with Crippen molar-refractivity contribution in [2.75, 3.05) is 5.32 Å². The number of nitrogens with zero attached hydrogens (tertiary/aromatic N) is 2. The summed E-state index contributed by atoms with van der Waals surface area (Å²) in [5.74, 6) is -1.85. The number of furan rings is 1. The van der Waals surface area contributed by atoms with Gasteiger partial charge in [0.1, 0.15) is 17.4 Å². The lowest BCUT2D eigenvalue weighted by Gasteiger charge is -2.04. The highest BCUT2D eigenvalue weighted by atomic mass is 16.3. The summed E-state index contributed by atoms with van der Waals surface area (Å²) >= 11 is 0. The molecule has 1 aromatic heterocycles. The van der Waals surface area contributed by atoms with E-state index in [1.54, 1.807) is 6.07 Å². The molecule has 0 fully saturated rings. The zero-order chi connectivity index (χ0) is 17.1. The molecule has 0 atom stereocenters. The van der Waals surface area contributed by atoms with Gasteiger partial charge in [-0.25, -0.2) is 0 Å². The highest BCUT2D eigenvalue weighted by Gasteiger charge is 2.22. The molecule has 0 unspecified atom stereocenters. The molecule has 23 heavy (non-hydrogen) atoms. The number of amides is 1. The third-order valence-electron chi connectivity index (χ3n) is 3.08. The van der Waals surface area contributed by atoms with Crippen molar-refractivity contribution >= 4 is 28.3 Å². The van der Waals surface area contributed by atoms with Gasteiger partial charge in [-0.2, -0.15) is 10.5 Å². The lowest BCUT2D eigenvalue weighted by atomic mass is 10.1. The zero-order valence-corrected chi connectivity index (χ0v) is 12.3. The second kappa shape index (κ2) is 6.04. The first-order valence-corrected chi connectivity index (χ1v) is 6.48. The number of rotatable bonds is 3. The number of Topliss-reactive ketones (excluding diaryl/α,β-unsaturated/α-hetero) is 1. The Morgan fingerprint density at radius 1 is 1.26 bits per heavy atom. The molecule has 0 spiro atoms. The summed E-state index contributed by atoms with van der Waals surface area (Å²) in [6, 6.07) is 8.01. The fourth-order valence-electron chi connectivity index (χ4n) is 2.01. The number of fused-ring (bicyclic) bond motifs is 1. The average molecular weight is 309 g/mol. The van der Waals surface area contributed by atoms with Crippen LogP contribution in [0.1, 0.15) is 30.0 Å². The summed E-state index contributed by atoms with van der Waals surface area (Å²) in [5.41, 5.74) is 0.208. The minimum absolute atomic E-state index is 0.0589. The molecule has 114 valence electrons. The topological polar surface area (TPSA) is 127 Å². The smallest absolute Gasteiger partial charge is 0.269 e. The molecule has 0 saturated heterocycles. The molecule has 2 rings (SSSR count). The van der Waals surface area contributed by atoms with Crippen LogP contribution >= 0.6 is 0 Å². The molecular formula is C16H11N3O4. The molecule has 0 saturated carbocycles. The van der Waals surface area contributed by atoms with E-state index >= 15 is 0 Å². The SMILES string of the molecule is CC(=O)c1oc2ccc(C#N)cc2c1NC(=O)/C(C#N)=C(\C)O. The van der Waals surface area contributed by atoms with Crippen LogP contribution in [-0.2, 0) is 4.79 Å². The van der Waals surface area contributed by atoms with Crippen LogP contribution in [0.4, 0.5) is 5.69 Å². The molecule has 1 heterocycles. The van der Waals surface area contributed by atoms with Crippen molar-refractivity contribution in [1.82, 2.24) is 0 Å². The van der Waals surface area contributed by atoms with Gasteiger partial charge in [0.2, 0.25) is 0 Å². The average Bonchev–Trinajstić information content (AvgIpc) is 2.85. The largest absolute Gasteiger partial charge is 0.511 e. The Bertz CT molecular complexity index is 935. The number of carbonyl (C=O) groups excluding carboxylic acids is 2. The van der Waals surface area contributed by atoms with Crippen molar-refractivity contribution in [3.05, 3.63) is 40.9 Å². The first kappa shape index (κ1) is 15.8. The van der Waals surface area contributed by atoms with Crippen LogP contribution in [0, 0.1) is 22.7 Å². The summed E-state index contributed by atoms with van der Waals surface area (Å²) in [4.78, 5) is 23.8. The van der Waals surface area contributed by atoms with Crippen molar-refractivity contribution in [2.45, 2.75) is 13.8 Å². The van der Waals surface area contributed by atoms with E-state index in [1.807, 2.05) is 6.07 Å². The Morgan fingerprint density at radius 3 is 2.48 bits per heavy atom. The van der Waals surface area contributed by atoms with Crippen LogP contribution in [0.3, 0.4) is 0 Å². The summed E-state index contributed by atoms with van der Waals surface area (Å²) in [5, 5.41) is 30.0. The molecule has 2 N–H and O–H groups in total. The highest BCUT2D eigenvalue weighted by Crippen LogP contribution is 2.32. The van der Waals surface area contributed by atoms with Gasteiger partial charge in [0, 0.05) is 12.3 Å². The monoisotopic (exact) mass is 309 g/mol. The second-order valence-corrected chi connectivity index (χ2v) is 4.71. The lowest BCUT2D eigenvalue weighted by Crippen LogP contribution is -2.16. The molecule has 0 bridgehead atoms. The van der Waals surface area contributed by atoms with Crippen molar-refractivity contribution in [3.8, 4) is 12.1 Å². The molecule has 1 amide bonds. The van der Waals surface area contributed by atoms with Crippen LogP contribution in [0.2, 0.25) is 0 Å². The number of ketones is 1. The van der Waals surface area contributed by atoms with Crippen LogP contribution < -0.4 is 5.32 Å². The molecule has 0 aliphatic rings. The van der Waals surface area contributed by atoms with E-state index in [9.17, 15) is 14.7 Å². The number of nitriles is 2. The molecule has 7 nitrogen and oxygen atoms in total. The van der Waals surface area contributed by atoms with E-state index in [1.165, 1.54) is 32.0 Å². The fourth-order valence-corrected chi connectivity index (χ4v) is 2.01. The summed E-state index contributed by atoms with van der Waals surface area (Å²) in [6.07, 6.45) is 0. The van der Waals surface area contributed by atoms with Gasteiger partial charge in [0.15, 0.2) is 17.1 Å². The van der Waals surface area contributed by atoms with Crippen LogP contribution in [-0.4, -0.2) is 16.8 Å². The molecule has 2 aromatic rings. The van der Waals surface area contributed by atoms with Crippen LogP contribution in [0.25, 0.3) is 11.0 Å². The number of hydrogen-bond acceptors (Lipinski definition) is 6. The minimum Gasteiger partial charge on any atom is -0.511 e. The molecule has 0 radical (unpaired) electrons. The first-order chi connectivity index (χ1) is 10.9. The third kappa shape index (κ3) is 2.89. The van der Waals surface area contributed by atoms with Gasteiger partial charge in [-0.15, -0.1) is 0 Å². The Morgan fingerprint density at radius 2 is 1.96 bits per heavy atom. The maximum atomic E-state index is 12.1. The van der Waals surface area contributed by atoms with Crippen LogP contribution in [0.5, 0.6) is 0 Å². The van der Waals surface area contributed by atoms with Gasteiger partial charge in [-0.05, 0) is 25.1 Å². The number of allylic oxidation sites excluding steroid dienone is 1. The van der Waals surface area contributed by atoms with Gasteiger partial charge < -0.3 is 14.8 Å². The Balaban J connectivity index is 2.63. The molecule has 0 aliphatic heterocycles. The normalized spacial score (nSPS) is 11.3. The fraction of sp³-hybridized carbons (Fsp3) is 0.125. The van der Waals surface area contributed by atoms with Gasteiger partial charge >= 0.3 is 0 Å². The molecule has 7 heteroatoms. The van der Waals surface area contributed by atoms with E-state index in [-0.39, 0.29) is 11.4 Å². The number of hydrogen-bond donors (Lipinski definition) is 2. The van der Waals surface area contributed by atoms with E-state index in [0.717, 1.165) is 0 Å². The number of aliphatic hydroxyl groups excluding tert-OH is 1. The second-order valence-electron chi connectivity index (χ2n) is 4.71. The minimum atomic E-state index is -0.875. The number of nitrogens with one attached hydrogen (secondary N) is 1. The Hall–Kier alpha value is -3.58. The lowest BCUT2D eigenvalue weighted by molar-refractivity contribution is -0.112. The quantitative estimate of drug-likeness (QED) is 0.388. The first-order valence-electron chi connectivity index (χ1n) is 6.48. The van der Waals surface area contributed by atoms with Gasteiger partial charge in [0.05, 0.1) is 17.3 Å². The van der Waals surface area contributed by atoms with Crippen molar-refractivity contribution in [1.29, 1.82) is 10.5 Å².